The third kappa shape index (κ3) is 4.79. The van der Waals surface area contributed by atoms with Gasteiger partial charge in [-0.05, 0) is 24.6 Å². The lowest BCUT2D eigenvalue weighted by Gasteiger charge is -2.18. The van der Waals surface area contributed by atoms with Crippen LogP contribution < -0.4 is 10.6 Å². The summed E-state index contributed by atoms with van der Waals surface area (Å²) in [5, 5.41) is 8.34. The molecule has 0 aliphatic heterocycles. The molecule has 0 radical (unpaired) electrons. The Kier molecular flexibility index (Phi) is 5.70. The van der Waals surface area contributed by atoms with Crippen molar-refractivity contribution in [2.45, 2.75) is 20.0 Å². The van der Waals surface area contributed by atoms with Gasteiger partial charge in [0.25, 0.3) is 5.91 Å². The molecular weight excluding hydrogens is 312 g/mol. The van der Waals surface area contributed by atoms with E-state index in [0.29, 0.717) is 18.7 Å². The lowest BCUT2D eigenvalue weighted by Crippen LogP contribution is -2.36. The van der Waals surface area contributed by atoms with E-state index in [-0.39, 0.29) is 11.9 Å². The summed E-state index contributed by atoms with van der Waals surface area (Å²) in [6.07, 6.45) is 0. The molecule has 0 atom stereocenters. The summed E-state index contributed by atoms with van der Waals surface area (Å²) in [4.78, 5) is 29.5. The molecule has 0 spiro atoms. The van der Waals surface area contributed by atoms with Gasteiger partial charge in [-0.2, -0.15) is 0 Å². The van der Waals surface area contributed by atoms with Gasteiger partial charge in [0.15, 0.2) is 0 Å². The summed E-state index contributed by atoms with van der Waals surface area (Å²) in [5.41, 5.74) is 2.42. The second kappa shape index (κ2) is 7.73. The van der Waals surface area contributed by atoms with Gasteiger partial charge in [-0.15, -0.1) is 11.3 Å². The Bertz CT molecular complexity index is 682. The maximum Gasteiger partial charge on any atom is 0.317 e. The standard InChI is InChI=1S/C16H20N4O2S/c1-11-19-14(10-23-11)8-18-16(22)20(3)9-12-4-6-13(7-5-12)15(21)17-2/h4-7,10H,8-9H2,1-3H3,(H,17,21)(H,18,22). The number of rotatable bonds is 5. The lowest BCUT2D eigenvalue weighted by molar-refractivity contribution is 0.0963. The van der Waals surface area contributed by atoms with E-state index >= 15 is 0 Å². The van der Waals surface area contributed by atoms with Gasteiger partial charge in [-0.1, -0.05) is 12.1 Å². The van der Waals surface area contributed by atoms with Crippen LogP contribution in [0.1, 0.15) is 26.6 Å². The van der Waals surface area contributed by atoms with E-state index in [1.165, 1.54) is 0 Å². The molecule has 0 bridgehead atoms. The van der Waals surface area contributed by atoms with Crippen LogP contribution in [-0.2, 0) is 13.1 Å². The van der Waals surface area contributed by atoms with Gasteiger partial charge >= 0.3 is 6.03 Å². The predicted molar refractivity (Wildman–Crippen MR) is 90.4 cm³/mol. The Balaban J connectivity index is 1.86. The molecule has 2 rings (SSSR count). The Labute approximate surface area is 139 Å². The monoisotopic (exact) mass is 332 g/mol. The largest absolute Gasteiger partial charge is 0.355 e. The summed E-state index contributed by atoms with van der Waals surface area (Å²) < 4.78 is 0. The number of nitrogens with one attached hydrogen (secondary N) is 2. The van der Waals surface area contributed by atoms with Crippen molar-refractivity contribution in [1.82, 2.24) is 20.5 Å². The summed E-state index contributed by atoms with van der Waals surface area (Å²) in [6.45, 7) is 2.82. The Morgan fingerprint density at radius 3 is 2.52 bits per heavy atom. The van der Waals surface area contributed by atoms with E-state index in [1.54, 1.807) is 42.5 Å². The zero-order chi connectivity index (χ0) is 16.8. The highest BCUT2D eigenvalue weighted by Crippen LogP contribution is 2.09. The summed E-state index contributed by atoms with van der Waals surface area (Å²) in [5.74, 6) is -0.124. The first-order valence-corrected chi connectivity index (χ1v) is 8.08. The molecule has 1 aromatic heterocycles. The smallest absolute Gasteiger partial charge is 0.317 e. The number of amides is 3. The van der Waals surface area contributed by atoms with Crippen molar-refractivity contribution < 1.29 is 9.59 Å². The molecule has 0 fully saturated rings. The van der Waals surface area contributed by atoms with Crippen LogP contribution in [-0.4, -0.2) is 35.9 Å². The van der Waals surface area contributed by atoms with Crippen molar-refractivity contribution in [2.75, 3.05) is 14.1 Å². The highest BCUT2D eigenvalue weighted by atomic mass is 32.1. The summed E-state index contributed by atoms with van der Waals surface area (Å²) in [6, 6.07) is 7.03. The maximum absolute atomic E-state index is 12.1. The molecule has 3 amide bonds. The minimum absolute atomic E-state index is 0.124. The van der Waals surface area contributed by atoms with Gasteiger partial charge in [0, 0.05) is 31.6 Å². The molecule has 7 heteroatoms. The van der Waals surface area contributed by atoms with E-state index in [1.807, 2.05) is 24.4 Å². The molecule has 0 aliphatic carbocycles. The van der Waals surface area contributed by atoms with Gasteiger partial charge in [-0.25, -0.2) is 9.78 Å². The number of carbonyl (C=O) groups excluding carboxylic acids is 2. The van der Waals surface area contributed by atoms with E-state index in [4.69, 9.17) is 0 Å². The highest BCUT2D eigenvalue weighted by molar-refractivity contribution is 7.09. The van der Waals surface area contributed by atoms with E-state index in [2.05, 4.69) is 15.6 Å². The number of thiazole rings is 1. The first kappa shape index (κ1) is 17.0. The normalized spacial score (nSPS) is 10.2. The quantitative estimate of drug-likeness (QED) is 0.881. The molecule has 0 unspecified atom stereocenters. The van der Waals surface area contributed by atoms with E-state index in [9.17, 15) is 9.59 Å². The number of carbonyl (C=O) groups is 2. The van der Waals surface area contributed by atoms with Crippen LogP contribution in [0.2, 0.25) is 0 Å². The molecule has 0 saturated heterocycles. The zero-order valence-corrected chi connectivity index (χ0v) is 14.2. The van der Waals surface area contributed by atoms with Crippen molar-refractivity contribution in [3.63, 3.8) is 0 Å². The fourth-order valence-electron chi connectivity index (χ4n) is 2.04. The molecule has 0 aliphatic rings. The Morgan fingerprint density at radius 1 is 1.26 bits per heavy atom. The van der Waals surface area contributed by atoms with Crippen LogP contribution in [0.4, 0.5) is 4.79 Å². The topological polar surface area (TPSA) is 74.3 Å². The number of hydrogen-bond acceptors (Lipinski definition) is 4. The van der Waals surface area contributed by atoms with Crippen molar-refractivity contribution >= 4 is 23.3 Å². The van der Waals surface area contributed by atoms with E-state index in [0.717, 1.165) is 16.3 Å². The zero-order valence-electron chi connectivity index (χ0n) is 13.4. The molecule has 6 nitrogen and oxygen atoms in total. The number of urea groups is 1. The van der Waals surface area contributed by atoms with Crippen molar-refractivity contribution in [2.24, 2.45) is 0 Å². The SMILES string of the molecule is CNC(=O)c1ccc(CN(C)C(=O)NCc2csc(C)n2)cc1. The summed E-state index contributed by atoms with van der Waals surface area (Å²) in [7, 11) is 3.33. The minimum atomic E-state index is -0.161. The van der Waals surface area contributed by atoms with E-state index < -0.39 is 0 Å². The Morgan fingerprint density at radius 2 is 1.96 bits per heavy atom. The second-order valence-corrected chi connectivity index (χ2v) is 6.21. The number of hydrogen-bond donors (Lipinski definition) is 2. The molecule has 1 aromatic carbocycles. The average molecular weight is 332 g/mol. The first-order valence-electron chi connectivity index (χ1n) is 7.20. The molecule has 2 N–H and O–H groups in total. The van der Waals surface area contributed by atoms with Gasteiger partial charge in [0.2, 0.25) is 0 Å². The fourth-order valence-corrected chi connectivity index (χ4v) is 2.65. The summed E-state index contributed by atoms with van der Waals surface area (Å²) >= 11 is 1.56. The van der Waals surface area contributed by atoms with Crippen LogP contribution in [0, 0.1) is 6.92 Å². The van der Waals surface area contributed by atoms with Crippen LogP contribution >= 0.6 is 11.3 Å². The first-order chi connectivity index (χ1) is 11.0. The van der Waals surface area contributed by atoms with Crippen LogP contribution in [0.25, 0.3) is 0 Å². The van der Waals surface area contributed by atoms with Crippen LogP contribution in [0.15, 0.2) is 29.6 Å². The maximum atomic E-state index is 12.1. The number of aryl methyl sites for hydroxylation is 1. The lowest BCUT2D eigenvalue weighted by atomic mass is 10.1. The van der Waals surface area contributed by atoms with Crippen molar-refractivity contribution in [3.05, 3.63) is 51.5 Å². The van der Waals surface area contributed by atoms with Crippen LogP contribution in [0.5, 0.6) is 0 Å². The molecule has 23 heavy (non-hydrogen) atoms. The van der Waals surface area contributed by atoms with Gasteiger partial charge in [0.05, 0.1) is 17.2 Å². The number of benzene rings is 1. The minimum Gasteiger partial charge on any atom is -0.355 e. The highest BCUT2D eigenvalue weighted by Gasteiger charge is 2.10. The molecular formula is C16H20N4O2S. The average Bonchev–Trinajstić information content (AvgIpc) is 2.98. The third-order valence-corrected chi connectivity index (χ3v) is 4.12. The molecule has 2 aromatic rings. The van der Waals surface area contributed by atoms with Crippen LogP contribution in [0.3, 0.4) is 0 Å². The van der Waals surface area contributed by atoms with Gasteiger partial charge < -0.3 is 15.5 Å². The van der Waals surface area contributed by atoms with Crippen molar-refractivity contribution in [3.8, 4) is 0 Å². The van der Waals surface area contributed by atoms with Gasteiger partial charge in [0.1, 0.15) is 0 Å². The Hall–Kier alpha value is -2.41. The third-order valence-electron chi connectivity index (χ3n) is 3.30. The number of nitrogens with zero attached hydrogens (tertiary/aromatic N) is 2. The van der Waals surface area contributed by atoms with Crippen molar-refractivity contribution in [1.29, 1.82) is 0 Å². The molecule has 1 heterocycles. The fraction of sp³-hybridized carbons (Fsp3) is 0.312. The molecule has 0 saturated carbocycles. The van der Waals surface area contributed by atoms with Gasteiger partial charge in [-0.3, -0.25) is 4.79 Å². The number of aromatic nitrogens is 1. The predicted octanol–water partition coefficient (Wildman–Crippen LogP) is 2.15. The second-order valence-electron chi connectivity index (χ2n) is 5.15. The molecule has 122 valence electrons.